The van der Waals surface area contributed by atoms with Crippen LogP contribution in [0.4, 0.5) is 0 Å². The molecule has 1 aliphatic carbocycles. The van der Waals surface area contributed by atoms with E-state index in [9.17, 15) is 9.90 Å². The molecule has 7 nitrogen and oxygen atoms in total. The van der Waals surface area contributed by atoms with E-state index < -0.39 is 17.5 Å². The molecular weight excluding hydrogens is 408 g/mol. The normalized spacial score (nSPS) is 15.0. The first-order valence-electron chi connectivity index (χ1n) is 10.6. The molecule has 1 aromatic heterocycles. The van der Waals surface area contributed by atoms with E-state index >= 15 is 0 Å². The maximum Gasteiger partial charge on any atom is 0.335 e. The lowest BCUT2D eigenvalue weighted by atomic mass is 9.89. The highest BCUT2D eigenvalue weighted by atomic mass is 16.5. The zero-order valence-corrected chi connectivity index (χ0v) is 18.2. The Morgan fingerprint density at radius 2 is 1.81 bits per heavy atom. The number of benzene rings is 2. The quantitative estimate of drug-likeness (QED) is 0.514. The minimum atomic E-state index is -1.22. The summed E-state index contributed by atoms with van der Waals surface area (Å²) in [4.78, 5) is 21.2. The van der Waals surface area contributed by atoms with Crippen LogP contribution in [0.25, 0.3) is 11.4 Å². The van der Waals surface area contributed by atoms with Gasteiger partial charge in [0.15, 0.2) is 11.9 Å². The number of carbonyl (C=O) groups is 1. The summed E-state index contributed by atoms with van der Waals surface area (Å²) >= 11 is 0. The van der Waals surface area contributed by atoms with Gasteiger partial charge in [0.1, 0.15) is 18.1 Å². The van der Waals surface area contributed by atoms with Crippen molar-refractivity contribution >= 4 is 5.97 Å². The lowest BCUT2D eigenvalue weighted by Gasteiger charge is -2.23. The van der Waals surface area contributed by atoms with Gasteiger partial charge < -0.3 is 19.3 Å². The first kappa shape index (κ1) is 21.8. The van der Waals surface area contributed by atoms with Crippen molar-refractivity contribution in [3.63, 3.8) is 0 Å². The summed E-state index contributed by atoms with van der Waals surface area (Å²) in [6.07, 6.45) is 1.85. The SMILES string of the molecule is CCOC(=O)[C@H](O)C1(c2ccccc2OCc2ccnc(-c3ccccc3OC)n2)CC1. The number of aliphatic hydroxyl groups excluding tert-OH is 1. The fourth-order valence-electron chi connectivity index (χ4n) is 3.86. The molecule has 0 bridgehead atoms. The fourth-order valence-corrected chi connectivity index (χ4v) is 3.86. The van der Waals surface area contributed by atoms with Gasteiger partial charge in [-0.05, 0) is 44.0 Å². The van der Waals surface area contributed by atoms with Crippen molar-refractivity contribution in [2.45, 2.75) is 37.9 Å². The summed E-state index contributed by atoms with van der Waals surface area (Å²) < 4.78 is 16.6. The number of aromatic nitrogens is 2. The van der Waals surface area contributed by atoms with E-state index in [-0.39, 0.29) is 13.2 Å². The average molecular weight is 434 g/mol. The zero-order valence-electron chi connectivity index (χ0n) is 18.2. The largest absolute Gasteiger partial charge is 0.496 e. The van der Waals surface area contributed by atoms with Gasteiger partial charge in [-0.3, -0.25) is 0 Å². The van der Waals surface area contributed by atoms with Crippen molar-refractivity contribution in [2.24, 2.45) is 0 Å². The Bertz CT molecular complexity index is 1100. The van der Waals surface area contributed by atoms with Crippen LogP contribution in [0.1, 0.15) is 31.0 Å². The second-order valence-corrected chi connectivity index (χ2v) is 7.67. The number of rotatable bonds is 9. The van der Waals surface area contributed by atoms with Gasteiger partial charge in [-0.1, -0.05) is 30.3 Å². The topological polar surface area (TPSA) is 90.8 Å². The Morgan fingerprint density at radius 3 is 2.53 bits per heavy atom. The van der Waals surface area contributed by atoms with Crippen LogP contribution in [0.5, 0.6) is 11.5 Å². The molecule has 166 valence electrons. The molecule has 7 heteroatoms. The fraction of sp³-hybridized carbons (Fsp3) is 0.320. The van der Waals surface area contributed by atoms with Gasteiger partial charge in [0.2, 0.25) is 0 Å². The summed E-state index contributed by atoms with van der Waals surface area (Å²) in [5, 5.41) is 10.7. The number of ether oxygens (including phenoxy) is 3. The number of nitrogens with zero attached hydrogens (tertiary/aromatic N) is 2. The van der Waals surface area contributed by atoms with E-state index in [0.717, 1.165) is 11.1 Å². The Labute approximate surface area is 187 Å². The third-order valence-corrected chi connectivity index (χ3v) is 5.68. The molecule has 0 unspecified atom stereocenters. The van der Waals surface area contributed by atoms with Crippen LogP contribution >= 0.6 is 0 Å². The van der Waals surface area contributed by atoms with Gasteiger partial charge in [0.05, 0.1) is 25.0 Å². The van der Waals surface area contributed by atoms with Gasteiger partial charge in [0, 0.05) is 17.2 Å². The summed E-state index contributed by atoms with van der Waals surface area (Å²) in [7, 11) is 1.61. The molecule has 0 amide bonds. The predicted molar refractivity (Wildman–Crippen MR) is 118 cm³/mol. The molecule has 2 aromatic carbocycles. The number of esters is 1. The third-order valence-electron chi connectivity index (χ3n) is 5.68. The highest BCUT2D eigenvalue weighted by Crippen LogP contribution is 2.54. The molecule has 0 saturated heterocycles. The molecule has 0 spiro atoms. The van der Waals surface area contributed by atoms with Gasteiger partial charge in [0.25, 0.3) is 0 Å². The third kappa shape index (κ3) is 4.29. The molecule has 1 saturated carbocycles. The second-order valence-electron chi connectivity index (χ2n) is 7.67. The van der Waals surface area contributed by atoms with Crippen molar-refractivity contribution in [2.75, 3.05) is 13.7 Å². The molecule has 1 heterocycles. The first-order valence-corrected chi connectivity index (χ1v) is 10.6. The summed E-state index contributed by atoms with van der Waals surface area (Å²) in [5.74, 6) is 1.26. The molecule has 0 radical (unpaired) electrons. The van der Waals surface area contributed by atoms with Crippen molar-refractivity contribution in [3.8, 4) is 22.9 Å². The Balaban J connectivity index is 1.54. The van der Waals surface area contributed by atoms with Gasteiger partial charge >= 0.3 is 5.97 Å². The smallest absolute Gasteiger partial charge is 0.335 e. The number of hydrogen-bond donors (Lipinski definition) is 1. The van der Waals surface area contributed by atoms with Gasteiger partial charge in [-0.25, -0.2) is 14.8 Å². The molecule has 1 atom stereocenters. The predicted octanol–water partition coefficient (Wildman–Crippen LogP) is 3.69. The molecular formula is C25H26N2O5. The van der Waals surface area contributed by atoms with Gasteiger partial charge in [-0.15, -0.1) is 0 Å². The van der Waals surface area contributed by atoms with Crippen LogP contribution in [-0.2, 0) is 21.6 Å². The van der Waals surface area contributed by atoms with Gasteiger partial charge in [-0.2, -0.15) is 0 Å². The monoisotopic (exact) mass is 434 g/mol. The lowest BCUT2D eigenvalue weighted by Crippen LogP contribution is -2.35. The van der Waals surface area contributed by atoms with E-state index in [1.807, 2.05) is 48.5 Å². The summed E-state index contributed by atoms with van der Waals surface area (Å²) in [6, 6.07) is 16.8. The first-order chi connectivity index (χ1) is 15.6. The van der Waals surface area contributed by atoms with E-state index in [0.29, 0.717) is 35.9 Å². The Kier molecular flexibility index (Phi) is 6.37. The molecule has 32 heavy (non-hydrogen) atoms. The molecule has 4 rings (SSSR count). The lowest BCUT2D eigenvalue weighted by molar-refractivity contribution is -0.155. The molecule has 0 aliphatic heterocycles. The number of para-hydroxylation sites is 2. The zero-order chi connectivity index (χ0) is 22.6. The summed E-state index contributed by atoms with van der Waals surface area (Å²) in [6.45, 7) is 2.17. The summed E-state index contributed by atoms with van der Waals surface area (Å²) in [5.41, 5.74) is 1.63. The van der Waals surface area contributed by atoms with Crippen LogP contribution in [0.2, 0.25) is 0 Å². The van der Waals surface area contributed by atoms with Crippen molar-refractivity contribution in [1.82, 2.24) is 9.97 Å². The maximum atomic E-state index is 12.2. The van der Waals surface area contributed by atoms with Crippen molar-refractivity contribution in [1.29, 1.82) is 0 Å². The number of methoxy groups -OCH3 is 1. The number of aliphatic hydroxyl groups is 1. The van der Waals surface area contributed by atoms with E-state index in [1.165, 1.54) is 0 Å². The highest BCUT2D eigenvalue weighted by molar-refractivity contribution is 5.78. The number of hydrogen-bond acceptors (Lipinski definition) is 7. The van der Waals surface area contributed by atoms with E-state index in [2.05, 4.69) is 9.97 Å². The highest BCUT2D eigenvalue weighted by Gasteiger charge is 2.55. The van der Waals surface area contributed by atoms with Crippen LogP contribution in [0.15, 0.2) is 60.8 Å². The molecule has 1 N–H and O–H groups in total. The minimum absolute atomic E-state index is 0.216. The van der Waals surface area contributed by atoms with Crippen LogP contribution in [0, 0.1) is 0 Å². The number of carbonyl (C=O) groups excluding carboxylic acids is 1. The van der Waals surface area contributed by atoms with E-state index in [1.54, 1.807) is 26.3 Å². The Morgan fingerprint density at radius 1 is 1.09 bits per heavy atom. The van der Waals surface area contributed by atoms with Crippen LogP contribution < -0.4 is 9.47 Å². The van der Waals surface area contributed by atoms with Crippen molar-refractivity contribution < 1.29 is 24.1 Å². The molecule has 3 aromatic rings. The minimum Gasteiger partial charge on any atom is -0.496 e. The maximum absolute atomic E-state index is 12.2. The van der Waals surface area contributed by atoms with Crippen molar-refractivity contribution in [3.05, 3.63) is 72.1 Å². The van der Waals surface area contributed by atoms with Crippen LogP contribution in [-0.4, -0.2) is 40.9 Å². The average Bonchev–Trinajstić information content (AvgIpc) is 3.64. The molecule has 1 aliphatic rings. The molecule has 1 fully saturated rings. The standard InChI is InChI=1S/C25H26N2O5/c1-3-31-24(29)22(28)25(13-14-25)19-9-5-7-11-21(19)32-16-17-12-15-26-23(27-17)18-8-4-6-10-20(18)30-2/h4-12,15,22,28H,3,13-14,16H2,1-2H3/t22-/m0/s1. The Hall–Kier alpha value is -3.45. The van der Waals surface area contributed by atoms with E-state index in [4.69, 9.17) is 14.2 Å². The van der Waals surface area contributed by atoms with Crippen LogP contribution in [0.3, 0.4) is 0 Å². The second kappa shape index (κ2) is 9.36.